The third-order valence-electron chi connectivity index (χ3n) is 4.13. The Morgan fingerprint density at radius 3 is 2.00 bits per heavy atom. The molecule has 0 radical (unpaired) electrons. The molecule has 0 atom stereocenters. The highest BCUT2D eigenvalue weighted by molar-refractivity contribution is 7.98. The monoisotopic (exact) mass is 363 g/mol. The van der Waals surface area contributed by atoms with Gasteiger partial charge in [0.25, 0.3) is 0 Å². The highest BCUT2D eigenvalue weighted by Gasteiger charge is 2.16. The molecule has 0 saturated carbocycles. The topological polar surface area (TPSA) is 30.2 Å². The number of rotatable bonds is 4. The van der Waals surface area contributed by atoms with Crippen LogP contribution in [0.2, 0.25) is 0 Å². The zero-order chi connectivity index (χ0) is 17.2. The zero-order valence-electron chi connectivity index (χ0n) is 14.0. The number of fused-ring (bicyclic) bond motifs is 1. The fraction of sp³-hybridized carbons (Fsp3) is 0.100. The summed E-state index contributed by atoms with van der Waals surface area (Å²) in [5.41, 5.74) is 4.28. The van der Waals surface area contributed by atoms with Gasteiger partial charge in [0.2, 0.25) is 5.78 Å². The summed E-state index contributed by atoms with van der Waals surface area (Å²) < 4.78 is 2.06. The van der Waals surface area contributed by atoms with Crippen LogP contribution in [0.25, 0.3) is 28.3 Å². The van der Waals surface area contributed by atoms with E-state index < -0.39 is 0 Å². The zero-order valence-corrected chi connectivity index (χ0v) is 15.6. The van der Waals surface area contributed by atoms with Gasteiger partial charge in [-0.15, -0.1) is 23.5 Å². The van der Waals surface area contributed by atoms with Crippen molar-refractivity contribution in [2.75, 3.05) is 12.5 Å². The van der Waals surface area contributed by atoms with Crippen molar-refractivity contribution in [3.05, 3.63) is 67.0 Å². The van der Waals surface area contributed by atoms with Crippen LogP contribution in [0.4, 0.5) is 0 Å². The maximum absolute atomic E-state index is 4.80. The van der Waals surface area contributed by atoms with E-state index in [1.54, 1.807) is 29.7 Å². The number of benzene rings is 2. The first-order chi connectivity index (χ1) is 12.3. The van der Waals surface area contributed by atoms with E-state index >= 15 is 0 Å². The minimum Gasteiger partial charge on any atom is -0.283 e. The van der Waals surface area contributed by atoms with Gasteiger partial charge >= 0.3 is 0 Å². The number of aromatic nitrogens is 3. The van der Waals surface area contributed by atoms with Gasteiger partial charge in [0.05, 0.1) is 11.4 Å². The second-order valence-electron chi connectivity index (χ2n) is 5.56. The van der Waals surface area contributed by atoms with E-state index in [1.165, 1.54) is 9.79 Å². The molecule has 2 heterocycles. The van der Waals surface area contributed by atoms with Crippen LogP contribution in [-0.4, -0.2) is 26.9 Å². The molecule has 0 unspecified atom stereocenters. The van der Waals surface area contributed by atoms with Gasteiger partial charge in [0, 0.05) is 33.3 Å². The lowest BCUT2D eigenvalue weighted by molar-refractivity contribution is 1.11. The molecule has 0 bridgehead atoms. The third-order valence-corrected chi connectivity index (χ3v) is 5.62. The minimum atomic E-state index is 0.718. The van der Waals surface area contributed by atoms with Crippen molar-refractivity contribution in [1.82, 2.24) is 14.4 Å². The van der Waals surface area contributed by atoms with Crippen LogP contribution >= 0.6 is 23.5 Å². The Morgan fingerprint density at radius 2 is 1.40 bits per heavy atom. The van der Waals surface area contributed by atoms with E-state index in [0.29, 0.717) is 0 Å². The molecule has 3 nitrogen and oxygen atoms in total. The van der Waals surface area contributed by atoms with E-state index in [9.17, 15) is 0 Å². The fourth-order valence-electron chi connectivity index (χ4n) is 2.86. The predicted molar refractivity (Wildman–Crippen MR) is 107 cm³/mol. The average Bonchev–Trinajstić information content (AvgIpc) is 3.07. The van der Waals surface area contributed by atoms with Gasteiger partial charge in [-0.2, -0.15) is 0 Å². The van der Waals surface area contributed by atoms with E-state index in [2.05, 4.69) is 70.4 Å². The quantitative estimate of drug-likeness (QED) is 0.447. The van der Waals surface area contributed by atoms with E-state index in [4.69, 9.17) is 4.98 Å². The molecule has 4 aromatic rings. The molecule has 25 heavy (non-hydrogen) atoms. The molecule has 5 heteroatoms. The van der Waals surface area contributed by atoms with Crippen molar-refractivity contribution >= 4 is 29.3 Å². The van der Waals surface area contributed by atoms with Crippen LogP contribution < -0.4 is 0 Å². The SMILES string of the molecule is CSc1ccc(-c2nc3ncccn3c2-c2ccc(SC)cc2)cc1. The summed E-state index contributed by atoms with van der Waals surface area (Å²) in [6, 6.07) is 19.1. The van der Waals surface area contributed by atoms with Crippen LogP contribution in [0.15, 0.2) is 76.8 Å². The highest BCUT2D eigenvalue weighted by Crippen LogP contribution is 2.33. The van der Waals surface area contributed by atoms with Crippen molar-refractivity contribution in [3.63, 3.8) is 0 Å². The van der Waals surface area contributed by atoms with E-state index in [-0.39, 0.29) is 0 Å². The molecular weight excluding hydrogens is 346 g/mol. The highest BCUT2D eigenvalue weighted by atomic mass is 32.2. The molecule has 2 aromatic carbocycles. The molecule has 0 aliphatic rings. The lowest BCUT2D eigenvalue weighted by Gasteiger charge is -2.07. The normalized spacial score (nSPS) is 11.1. The Balaban J connectivity index is 1.93. The van der Waals surface area contributed by atoms with Gasteiger partial charge in [-0.25, -0.2) is 9.97 Å². The van der Waals surface area contributed by atoms with Gasteiger partial charge in [-0.1, -0.05) is 24.3 Å². The van der Waals surface area contributed by atoms with Gasteiger partial charge in [-0.05, 0) is 42.8 Å². The van der Waals surface area contributed by atoms with Crippen LogP contribution in [0.5, 0.6) is 0 Å². The summed E-state index contributed by atoms with van der Waals surface area (Å²) in [6.07, 6.45) is 7.98. The van der Waals surface area contributed by atoms with Crippen LogP contribution in [-0.2, 0) is 0 Å². The second-order valence-corrected chi connectivity index (χ2v) is 7.32. The molecule has 0 spiro atoms. The Bertz CT molecular complexity index is 1010. The van der Waals surface area contributed by atoms with E-state index in [1.807, 2.05) is 12.3 Å². The number of thioether (sulfide) groups is 2. The summed E-state index contributed by atoms with van der Waals surface area (Å²) in [5, 5.41) is 0. The second kappa shape index (κ2) is 6.94. The first-order valence-corrected chi connectivity index (χ1v) is 10.4. The van der Waals surface area contributed by atoms with Gasteiger partial charge < -0.3 is 0 Å². The van der Waals surface area contributed by atoms with Gasteiger partial charge in [-0.3, -0.25) is 4.40 Å². The number of hydrogen-bond acceptors (Lipinski definition) is 4. The molecule has 0 aliphatic carbocycles. The van der Waals surface area contributed by atoms with E-state index in [0.717, 1.165) is 28.3 Å². The molecular formula is C20H17N3S2. The van der Waals surface area contributed by atoms with Crippen molar-refractivity contribution in [2.45, 2.75) is 9.79 Å². The molecule has 0 amide bonds. The Morgan fingerprint density at radius 1 is 0.800 bits per heavy atom. The van der Waals surface area contributed by atoms with Crippen LogP contribution in [0.1, 0.15) is 0 Å². The lowest BCUT2D eigenvalue weighted by atomic mass is 10.0. The van der Waals surface area contributed by atoms with Crippen LogP contribution in [0, 0.1) is 0 Å². The summed E-state index contributed by atoms with van der Waals surface area (Å²) in [6.45, 7) is 0. The standard InChI is InChI=1S/C20H17N3S2/c1-24-16-8-4-14(5-9-16)18-19(15-6-10-17(25-2)11-7-15)23-13-3-12-21-20(23)22-18/h3-13H,1-2H3. The van der Waals surface area contributed by atoms with Gasteiger partial charge in [0.15, 0.2) is 0 Å². The van der Waals surface area contributed by atoms with Crippen molar-refractivity contribution in [3.8, 4) is 22.5 Å². The van der Waals surface area contributed by atoms with Crippen LogP contribution in [0.3, 0.4) is 0 Å². The molecule has 124 valence electrons. The predicted octanol–water partition coefficient (Wildman–Crippen LogP) is 5.51. The first-order valence-electron chi connectivity index (χ1n) is 7.92. The fourth-order valence-corrected chi connectivity index (χ4v) is 3.68. The summed E-state index contributed by atoms with van der Waals surface area (Å²) in [4.78, 5) is 11.7. The molecule has 2 aromatic heterocycles. The Hall–Kier alpha value is -2.24. The first kappa shape index (κ1) is 16.2. The molecule has 0 saturated heterocycles. The minimum absolute atomic E-state index is 0.718. The maximum atomic E-state index is 4.80. The Kier molecular flexibility index (Phi) is 4.51. The van der Waals surface area contributed by atoms with Crippen molar-refractivity contribution in [1.29, 1.82) is 0 Å². The number of imidazole rings is 1. The summed E-state index contributed by atoms with van der Waals surface area (Å²) >= 11 is 3.49. The number of hydrogen-bond donors (Lipinski definition) is 0. The summed E-state index contributed by atoms with van der Waals surface area (Å²) in [7, 11) is 0. The average molecular weight is 364 g/mol. The smallest absolute Gasteiger partial charge is 0.234 e. The molecule has 0 aliphatic heterocycles. The largest absolute Gasteiger partial charge is 0.283 e. The number of nitrogens with zero attached hydrogens (tertiary/aromatic N) is 3. The Labute approximate surface area is 155 Å². The van der Waals surface area contributed by atoms with Gasteiger partial charge in [0.1, 0.15) is 0 Å². The lowest BCUT2D eigenvalue weighted by Crippen LogP contribution is -1.90. The summed E-state index contributed by atoms with van der Waals surface area (Å²) in [5.74, 6) is 0.718. The van der Waals surface area contributed by atoms with Crippen molar-refractivity contribution in [2.24, 2.45) is 0 Å². The maximum Gasteiger partial charge on any atom is 0.234 e. The molecule has 0 fully saturated rings. The molecule has 4 rings (SSSR count). The molecule has 0 N–H and O–H groups in total. The van der Waals surface area contributed by atoms with Crippen molar-refractivity contribution < 1.29 is 0 Å². The third kappa shape index (κ3) is 3.05.